The van der Waals surface area contributed by atoms with Gasteiger partial charge in [-0.05, 0) is 30.7 Å². The first kappa shape index (κ1) is 14.6. The fourth-order valence-electron chi connectivity index (χ4n) is 1.82. The highest BCUT2D eigenvalue weighted by Crippen LogP contribution is 2.13. The molecule has 0 aliphatic carbocycles. The molecule has 2 rings (SSSR count). The molecule has 0 fully saturated rings. The number of furan rings is 1. The Bertz CT molecular complexity index is 658. The van der Waals surface area contributed by atoms with Gasteiger partial charge < -0.3 is 14.8 Å². The van der Waals surface area contributed by atoms with E-state index in [0.717, 1.165) is 5.76 Å². The highest BCUT2D eigenvalue weighted by atomic mass is 16.4. The Hall–Kier alpha value is -2.82. The Balaban J connectivity index is 2.05. The van der Waals surface area contributed by atoms with Crippen LogP contribution in [-0.2, 0) is 9.59 Å². The largest absolute Gasteiger partial charge is 0.479 e. The number of carbonyl (C=O) groups is 2. The average Bonchev–Trinajstić information content (AvgIpc) is 2.89. The van der Waals surface area contributed by atoms with Crippen LogP contribution in [0, 0.1) is 6.92 Å². The van der Waals surface area contributed by atoms with Gasteiger partial charge in [-0.1, -0.05) is 30.3 Å². The van der Waals surface area contributed by atoms with Crippen molar-refractivity contribution in [2.24, 2.45) is 0 Å². The van der Waals surface area contributed by atoms with E-state index in [1.54, 1.807) is 49.4 Å². The standard InChI is InChI=1S/C16H15NO4/c1-11-7-8-13(21-11)9-10-14(18)17-15(16(19)20)12-5-3-2-4-6-12/h2-10,15H,1H3,(H,17,18)(H,19,20)/b10-9+. The number of carboxylic acid groups (broad SMARTS) is 1. The average molecular weight is 285 g/mol. The van der Waals surface area contributed by atoms with E-state index in [2.05, 4.69) is 5.32 Å². The van der Waals surface area contributed by atoms with Crippen LogP contribution in [0.15, 0.2) is 53.0 Å². The predicted molar refractivity (Wildman–Crippen MR) is 77.4 cm³/mol. The molecule has 0 spiro atoms. The summed E-state index contributed by atoms with van der Waals surface area (Å²) in [6.07, 6.45) is 2.74. The summed E-state index contributed by atoms with van der Waals surface area (Å²) in [6, 6.07) is 11.0. The molecule has 0 aliphatic rings. The van der Waals surface area contributed by atoms with E-state index in [4.69, 9.17) is 4.42 Å². The Morgan fingerprint density at radius 2 is 1.90 bits per heavy atom. The van der Waals surface area contributed by atoms with Crippen molar-refractivity contribution in [2.75, 3.05) is 0 Å². The molecule has 2 aromatic rings. The minimum Gasteiger partial charge on any atom is -0.479 e. The first-order valence-electron chi connectivity index (χ1n) is 6.39. The molecule has 21 heavy (non-hydrogen) atoms. The Morgan fingerprint density at radius 1 is 1.19 bits per heavy atom. The molecule has 1 unspecified atom stereocenters. The number of amides is 1. The number of nitrogens with one attached hydrogen (secondary N) is 1. The molecule has 1 amide bonds. The molecule has 0 saturated heterocycles. The van der Waals surface area contributed by atoms with E-state index >= 15 is 0 Å². The molecule has 0 aliphatic heterocycles. The number of aryl methyl sites for hydroxylation is 1. The lowest BCUT2D eigenvalue weighted by Crippen LogP contribution is -2.32. The normalized spacial score (nSPS) is 12.2. The van der Waals surface area contributed by atoms with Crippen molar-refractivity contribution >= 4 is 18.0 Å². The van der Waals surface area contributed by atoms with Gasteiger partial charge in [-0.3, -0.25) is 4.79 Å². The van der Waals surface area contributed by atoms with Gasteiger partial charge in [0.05, 0.1) is 0 Å². The fourth-order valence-corrected chi connectivity index (χ4v) is 1.82. The van der Waals surface area contributed by atoms with Crippen LogP contribution < -0.4 is 5.32 Å². The number of hydrogen-bond acceptors (Lipinski definition) is 3. The maximum atomic E-state index is 11.8. The van der Waals surface area contributed by atoms with E-state index in [-0.39, 0.29) is 0 Å². The van der Waals surface area contributed by atoms with Gasteiger partial charge in [0.2, 0.25) is 5.91 Å². The highest BCUT2D eigenvalue weighted by Gasteiger charge is 2.20. The van der Waals surface area contributed by atoms with Crippen molar-refractivity contribution in [3.05, 3.63) is 65.6 Å². The minimum absolute atomic E-state index is 0.500. The van der Waals surface area contributed by atoms with Crippen molar-refractivity contribution in [2.45, 2.75) is 13.0 Å². The van der Waals surface area contributed by atoms with Gasteiger partial charge in [-0.25, -0.2) is 4.79 Å². The molecule has 2 N–H and O–H groups in total. The van der Waals surface area contributed by atoms with Crippen LogP contribution in [0.4, 0.5) is 0 Å². The number of carbonyl (C=O) groups excluding carboxylic acids is 1. The lowest BCUT2D eigenvalue weighted by Gasteiger charge is -2.13. The fraction of sp³-hybridized carbons (Fsp3) is 0.125. The molecule has 5 nitrogen and oxygen atoms in total. The number of carboxylic acids is 1. The lowest BCUT2D eigenvalue weighted by molar-refractivity contribution is -0.141. The third kappa shape index (κ3) is 4.07. The summed E-state index contributed by atoms with van der Waals surface area (Å²) in [6.45, 7) is 1.80. The number of hydrogen-bond donors (Lipinski definition) is 2. The maximum absolute atomic E-state index is 11.8. The molecule has 1 atom stereocenters. The van der Waals surface area contributed by atoms with Gasteiger partial charge in [0.25, 0.3) is 0 Å². The van der Waals surface area contributed by atoms with E-state index in [9.17, 15) is 14.7 Å². The molecule has 0 bridgehead atoms. The van der Waals surface area contributed by atoms with Gasteiger partial charge in [0, 0.05) is 6.08 Å². The van der Waals surface area contributed by atoms with Crippen molar-refractivity contribution in [1.82, 2.24) is 5.32 Å². The highest BCUT2D eigenvalue weighted by molar-refractivity contribution is 5.94. The molecule has 1 aromatic carbocycles. The first-order valence-corrected chi connectivity index (χ1v) is 6.39. The molecule has 0 saturated carbocycles. The minimum atomic E-state index is -1.11. The third-order valence-electron chi connectivity index (χ3n) is 2.83. The summed E-state index contributed by atoms with van der Waals surface area (Å²) < 4.78 is 5.29. The monoisotopic (exact) mass is 285 g/mol. The van der Waals surface area contributed by atoms with E-state index in [0.29, 0.717) is 11.3 Å². The van der Waals surface area contributed by atoms with E-state index in [1.807, 2.05) is 0 Å². The summed E-state index contributed by atoms with van der Waals surface area (Å²) in [5.41, 5.74) is 0.514. The molecular weight excluding hydrogens is 270 g/mol. The third-order valence-corrected chi connectivity index (χ3v) is 2.83. The second-order valence-corrected chi connectivity index (χ2v) is 4.47. The van der Waals surface area contributed by atoms with Crippen LogP contribution >= 0.6 is 0 Å². The number of aliphatic carboxylic acids is 1. The summed E-state index contributed by atoms with van der Waals surface area (Å²) in [5.74, 6) is -0.339. The van der Waals surface area contributed by atoms with Crippen molar-refractivity contribution in [3.63, 3.8) is 0 Å². The van der Waals surface area contributed by atoms with Gasteiger partial charge in [-0.15, -0.1) is 0 Å². The van der Waals surface area contributed by atoms with Crippen molar-refractivity contribution < 1.29 is 19.1 Å². The van der Waals surface area contributed by atoms with Crippen LogP contribution in [0.25, 0.3) is 6.08 Å². The summed E-state index contributed by atoms with van der Waals surface area (Å²) in [5, 5.41) is 11.6. The summed E-state index contributed by atoms with van der Waals surface area (Å²) in [4.78, 5) is 23.1. The molecule has 108 valence electrons. The SMILES string of the molecule is Cc1ccc(/C=C/C(=O)NC(C(=O)O)c2ccccc2)o1. The van der Waals surface area contributed by atoms with E-state index in [1.165, 1.54) is 12.2 Å². The zero-order valence-corrected chi connectivity index (χ0v) is 11.4. The summed E-state index contributed by atoms with van der Waals surface area (Å²) in [7, 11) is 0. The van der Waals surface area contributed by atoms with Gasteiger partial charge in [-0.2, -0.15) is 0 Å². The smallest absolute Gasteiger partial charge is 0.330 e. The molecule has 1 aromatic heterocycles. The molecular formula is C16H15NO4. The van der Waals surface area contributed by atoms with Crippen LogP contribution in [-0.4, -0.2) is 17.0 Å². The van der Waals surface area contributed by atoms with Gasteiger partial charge >= 0.3 is 5.97 Å². The van der Waals surface area contributed by atoms with Crippen molar-refractivity contribution in [3.8, 4) is 0 Å². The van der Waals surface area contributed by atoms with Crippen LogP contribution in [0.1, 0.15) is 23.1 Å². The lowest BCUT2D eigenvalue weighted by atomic mass is 10.1. The predicted octanol–water partition coefficient (Wildman–Crippen LogP) is 2.54. The first-order chi connectivity index (χ1) is 10.1. The van der Waals surface area contributed by atoms with E-state index < -0.39 is 17.9 Å². The molecule has 1 heterocycles. The van der Waals surface area contributed by atoms with Crippen LogP contribution in [0.3, 0.4) is 0 Å². The van der Waals surface area contributed by atoms with Crippen LogP contribution in [0.5, 0.6) is 0 Å². The number of benzene rings is 1. The zero-order valence-electron chi connectivity index (χ0n) is 11.4. The van der Waals surface area contributed by atoms with Crippen LogP contribution in [0.2, 0.25) is 0 Å². The summed E-state index contributed by atoms with van der Waals surface area (Å²) >= 11 is 0. The number of rotatable bonds is 5. The Labute approximate surface area is 121 Å². The van der Waals surface area contributed by atoms with Gasteiger partial charge in [0.1, 0.15) is 11.5 Å². The maximum Gasteiger partial charge on any atom is 0.330 e. The zero-order chi connectivity index (χ0) is 15.2. The molecule has 5 heteroatoms. The molecule has 0 radical (unpaired) electrons. The second-order valence-electron chi connectivity index (χ2n) is 4.47. The second kappa shape index (κ2) is 6.56. The Morgan fingerprint density at radius 3 is 2.48 bits per heavy atom. The van der Waals surface area contributed by atoms with Gasteiger partial charge in [0.15, 0.2) is 6.04 Å². The Kier molecular flexibility index (Phi) is 4.56. The topological polar surface area (TPSA) is 79.5 Å². The quantitative estimate of drug-likeness (QED) is 0.827. The van der Waals surface area contributed by atoms with Crippen molar-refractivity contribution in [1.29, 1.82) is 0 Å².